The Bertz CT molecular complexity index is 638. The van der Waals surface area contributed by atoms with Crippen LogP contribution < -0.4 is 0 Å². The van der Waals surface area contributed by atoms with Crippen LogP contribution in [0.1, 0.15) is 27.2 Å². The van der Waals surface area contributed by atoms with E-state index in [1.165, 1.54) is 0 Å². The lowest BCUT2D eigenvalue weighted by molar-refractivity contribution is -0.223. The molecule has 3 aliphatic heterocycles. The second kappa shape index (κ2) is 3.07. The summed E-state index contributed by atoms with van der Waals surface area (Å²) >= 11 is 0. The van der Waals surface area contributed by atoms with Crippen molar-refractivity contribution in [2.24, 2.45) is 17.3 Å². The topological polar surface area (TPSA) is 106 Å². The Morgan fingerprint density at radius 3 is 2.59 bits per heavy atom. The Hall–Kier alpha value is -1.18. The molecule has 0 aromatic rings. The zero-order chi connectivity index (χ0) is 15.9. The minimum absolute atomic E-state index is 0.189. The number of fused-ring (bicyclic) bond motifs is 4. The first-order chi connectivity index (χ1) is 10.1. The molecule has 0 radical (unpaired) electrons. The Morgan fingerprint density at radius 2 is 1.95 bits per heavy atom. The lowest BCUT2D eigenvalue weighted by Gasteiger charge is -2.53. The van der Waals surface area contributed by atoms with Gasteiger partial charge in [-0.2, -0.15) is 0 Å². The molecule has 2 bridgehead atoms. The number of aliphatic hydroxyl groups is 2. The normalized spacial score (nSPS) is 60.7. The SMILES string of the molecule is CC(C)(O)[C@H]1[C@H]2OC(=O)[C@@H]1[C@]1(O)C[C@@H]3O[C@@]34C(=O)O[C@@H]2[C@@]14C. The fourth-order valence-electron chi connectivity index (χ4n) is 5.83. The highest BCUT2D eigenvalue weighted by molar-refractivity contribution is 5.91. The smallest absolute Gasteiger partial charge is 0.342 e. The molecule has 22 heavy (non-hydrogen) atoms. The summed E-state index contributed by atoms with van der Waals surface area (Å²) in [5.41, 5.74) is -4.89. The van der Waals surface area contributed by atoms with Gasteiger partial charge in [-0.1, -0.05) is 0 Å². The summed E-state index contributed by atoms with van der Waals surface area (Å²) in [4.78, 5) is 24.8. The number of ether oxygens (including phenoxy) is 3. The molecular weight excluding hydrogens is 292 g/mol. The third-order valence-electron chi connectivity index (χ3n) is 6.85. The van der Waals surface area contributed by atoms with Gasteiger partial charge in [0, 0.05) is 12.3 Å². The number of carbonyl (C=O) groups is 2. The van der Waals surface area contributed by atoms with Crippen molar-refractivity contribution in [2.45, 2.75) is 62.3 Å². The molecule has 0 unspecified atom stereocenters. The molecule has 5 rings (SSSR count). The fourth-order valence-corrected chi connectivity index (χ4v) is 5.83. The van der Waals surface area contributed by atoms with Gasteiger partial charge in [-0.3, -0.25) is 4.79 Å². The van der Waals surface area contributed by atoms with Gasteiger partial charge in [0.15, 0.2) is 6.10 Å². The van der Waals surface area contributed by atoms with Gasteiger partial charge in [-0.05, 0) is 20.8 Å². The molecule has 5 aliphatic rings. The highest BCUT2D eigenvalue weighted by atomic mass is 16.7. The summed E-state index contributed by atoms with van der Waals surface area (Å²) in [6, 6.07) is 0. The highest BCUT2D eigenvalue weighted by Crippen LogP contribution is 2.77. The second-order valence-electron chi connectivity index (χ2n) is 8.06. The molecule has 0 aromatic heterocycles. The van der Waals surface area contributed by atoms with Gasteiger partial charge < -0.3 is 24.4 Å². The van der Waals surface area contributed by atoms with Crippen LogP contribution in [0.5, 0.6) is 0 Å². The van der Waals surface area contributed by atoms with Crippen LogP contribution in [0.4, 0.5) is 0 Å². The summed E-state index contributed by atoms with van der Waals surface area (Å²) in [6.07, 6.45) is -1.78. The molecule has 7 heteroatoms. The van der Waals surface area contributed by atoms with Crippen LogP contribution in [-0.2, 0) is 23.8 Å². The molecular formula is C15H18O7. The molecule has 0 aromatic carbocycles. The predicted molar refractivity (Wildman–Crippen MR) is 68.3 cm³/mol. The Kier molecular flexibility index (Phi) is 1.85. The molecule has 3 saturated heterocycles. The second-order valence-corrected chi connectivity index (χ2v) is 8.06. The van der Waals surface area contributed by atoms with Crippen molar-refractivity contribution in [3.63, 3.8) is 0 Å². The van der Waals surface area contributed by atoms with Crippen molar-refractivity contribution in [2.75, 3.05) is 0 Å². The van der Waals surface area contributed by atoms with Gasteiger partial charge in [0.05, 0.1) is 22.5 Å². The van der Waals surface area contributed by atoms with Gasteiger partial charge >= 0.3 is 11.9 Å². The summed E-state index contributed by atoms with van der Waals surface area (Å²) in [6.45, 7) is 4.92. The highest BCUT2D eigenvalue weighted by Gasteiger charge is 2.95. The Labute approximate surface area is 126 Å². The summed E-state index contributed by atoms with van der Waals surface area (Å²) in [5, 5.41) is 21.9. The van der Waals surface area contributed by atoms with Crippen LogP contribution in [0, 0.1) is 17.3 Å². The van der Waals surface area contributed by atoms with E-state index in [1.54, 1.807) is 20.8 Å². The van der Waals surface area contributed by atoms with Gasteiger partial charge in [0.25, 0.3) is 0 Å². The summed E-state index contributed by atoms with van der Waals surface area (Å²) in [5.74, 6) is -2.51. The zero-order valence-corrected chi connectivity index (χ0v) is 12.5. The Morgan fingerprint density at radius 1 is 1.27 bits per heavy atom. The number of carbonyl (C=O) groups excluding carboxylic acids is 2. The van der Waals surface area contributed by atoms with Crippen molar-refractivity contribution < 1.29 is 34.0 Å². The third-order valence-corrected chi connectivity index (χ3v) is 6.85. The molecule has 2 N–H and O–H groups in total. The molecule has 0 amide bonds. The van der Waals surface area contributed by atoms with E-state index in [4.69, 9.17) is 14.2 Å². The average molecular weight is 310 g/mol. The third kappa shape index (κ3) is 0.962. The van der Waals surface area contributed by atoms with Crippen molar-refractivity contribution in [3.05, 3.63) is 0 Å². The molecule has 5 fully saturated rings. The minimum Gasteiger partial charge on any atom is -0.458 e. The summed E-state index contributed by atoms with van der Waals surface area (Å²) in [7, 11) is 0. The minimum atomic E-state index is -1.47. The lowest BCUT2D eigenvalue weighted by atomic mass is 9.52. The first-order valence-corrected chi connectivity index (χ1v) is 7.63. The Balaban J connectivity index is 1.76. The number of hydrogen-bond acceptors (Lipinski definition) is 7. The van der Waals surface area contributed by atoms with Crippen LogP contribution in [0.2, 0.25) is 0 Å². The van der Waals surface area contributed by atoms with Crippen molar-refractivity contribution in [1.29, 1.82) is 0 Å². The average Bonchev–Trinajstić information content (AvgIpc) is 2.85. The van der Waals surface area contributed by atoms with Crippen LogP contribution in [0.15, 0.2) is 0 Å². The van der Waals surface area contributed by atoms with E-state index in [0.29, 0.717) is 0 Å². The number of hydrogen-bond donors (Lipinski definition) is 2. The maximum atomic E-state index is 12.4. The van der Waals surface area contributed by atoms with Gasteiger partial charge in [-0.25, -0.2) is 4.79 Å². The van der Waals surface area contributed by atoms with E-state index in [1.807, 2.05) is 0 Å². The van der Waals surface area contributed by atoms with Crippen molar-refractivity contribution in [3.8, 4) is 0 Å². The molecule has 2 saturated carbocycles. The largest absolute Gasteiger partial charge is 0.458 e. The molecule has 7 nitrogen and oxygen atoms in total. The van der Waals surface area contributed by atoms with Gasteiger partial charge in [0.2, 0.25) is 5.60 Å². The maximum Gasteiger partial charge on any atom is 0.342 e. The van der Waals surface area contributed by atoms with Crippen molar-refractivity contribution >= 4 is 11.9 Å². The molecule has 3 heterocycles. The number of esters is 2. The van der Waals surface area contributed by atoms with Crippen molar-refractivity contribution in [1.82, 2.24) is 0 Å². The molecule has 2 aliphatic carbocycles. The van der Waals surface area contributed by atoms with Crippen LogP contribution in [-0.4, -0.2) is 57.3 Å². The fraction of sp³-hybridized carbons (Fsp3) is 0.867. The monoisotopic (exact) mass is 310 g/mol. The summed E-state index contributed by atoms with van der Waals surface area (Å²) < 4.78 is 16.5. The quantitative estimate of drug-likeness (QED) is 0.479. The van der Waals surface area contributed by atoms with E-state index in [0.717, 1.165) is 0 Å². The van der Waals surface area contributed by atoms with Crippen LogP contribution in [0.3, 0.4) is 0 Å². The number of epoxide rings is 1. The van der Waals surface area contributed by atoms with E-state index in [-0.39, 0.29) is 6.42 Å². The maximum absolute atomic E-state index is 12.4. The predicted octanol–water partition coefficient (Wildman–Crippen LogP) is -0.867. The standard InChI is InChI=1S/C15H18O7/c1-12(2,18)6-7-10(16)20-8(6)9-13(3)14(7,19)4-5-15(13,22-5)11(17)21-9/h5-9,18-19H,4H2,1-3H3/t5-,6+,7+,8+,9-,13-,14+,15+/m0/s1. The zero-order valence-electron chi connectivity index (χ0n) is 12.5. The first kappa shape index (κ1) is 13.3. The van der Waals surface area contributed by atoms with Crippen LogP contribution >= 0.6 is 0 Å². The van der Waals surface area contributed by atoms with E-state index in [2.05, 4.69) is 0 Å². The molecule has 1 spiro atoms. The first-order valence-electron chi connectivity index (χ1n) is 7.63. The molecule has 120 valence electrons. The van der Waals surface area contributed by atoms with E-state index >= 15 is 0 Å². The van der Waals surface area contributed by atoms with E-state index in [9.17, 15) is 19.8 Å². The van der Waals surface area contributed by atoms with E-state index < -0.39 is 64.3 Å². The lowest BCUT2D eigenvalue weighted by Crippen LogP contribution is -2.68. The number of rotatable bonds is 1. The van der Waals surface area contributed by atoms with Crippen LogP contribution in [0.25, 0.3) is 0 Å². The molecule has 8 atom stereocenters. The van der Waals surface area contributed by atoms with Gasteiger partial charge in [-0.15, -0.1) is 0 Å². The van der Waals surface area contributed by atoms with Gasteiger partial charge in [0.1, 0.15) is 12.2 Å².